The van der Waals surface area contributed by atoms with E-state index in [1.807, 2.05) is 6.07 Å². The van der Waals surface area contributed by atoms with Crippen LogP contribution in [-0.2, 0) is 0 Å². The first-order valence-electron chi connectivity index (χ1n) is 5.71. The molecule has 2 rings (SSSR count). The van der Waals surface area contributed by atoms with Crippen molar-refractivity contribution in [1.82, 2.24) is 0 Å². The Bertz CT molecular complexity index is 677. The molecule has 0 saturated heterocycles. The smallest absolute Gasteiger partial charge is 0.173 e. The number of nitrogens with zero attached hydrogens (tertiary/aromatic N) is 1. The quantitative estimate of drug-likeness (QED) is 0.635. The lowest BCUT2D eigenvalue weighted by Crippen LogP contribution is -2.02. The van der Waals surface area contributed by atoms with Gasteiger partial charge in [0.05, 0.1) is 17.4 Å². The summed E-state index contributed by atoms with van der Waals surface area (Å²) in [6.45, 7) is 0. The highest BCUT2D eigenvalue weighted by Crippen LogP contribution is 2.23. The molecular formula is C15H9F2NOS. The van der Waals surface area contributed by atoms with Crippen molar-refractivity contribution in [2.75, 3.05) is 5.75 Å². The van der Waals surface area contributed by atoms with Crippen molar-refractivity contribution in [3.8, 4) is 6.07 Å². The fourth-order valence-corrected chi connectivity index (χ4v) is 2.36. The molecule has 0 aromatic heterocycles. The van der Waals surface area contributed by atoms with Crippen molar-refractivity contribution in [3.05, 3.63) is 65.2 Å². The molecule has 0 aliphatic carbocycles. The number of nitriles is 1. The van der Waals surface area contributed by atoms with Crippen molar-refractivity contribution in [2.45, 2.75) is 4.90 Å². The van der Waals surface area contributed by atoms with Crippen molar-refractivity contribution in [3.63, 3.8) is 0 Å². The van der Waals surface area contributed by atoms with E-state index in [2.05, 4.69) is 0 Å². The largest absolute Gasteiger partial charge is 0.293 e. The van der Waals surface area contributed by atoms with Gasteiger partial charge in [-0.2, -0.15) is 5.26 Å². The van der Waals surface area contributed by atoms with Gasteiger partial charge in [-0.15, -0.1) is 11.8 Å². The maximum absolute atomic E-state index is 13.4. The monoisotopic (exact) mass is 289 g/mol. The minimum Gasteiger partial charge on any atom is -0.293 e. The molecule has 0 radical (unpaired) electrons. The second kappa shape index (κ2) is 6.31. The minimum atomic E-state index is -0.678. The van der Waals surface area contributed by atoms with Crippen molar-refractivity contribution < 1.29 is 13.6 Å². The van der Waals surface area contributed by atoms with Gasteiger partial charge in [-0.1, -0.05) is 12.1 Å². The molecule has 0 atom stereocenters. The van der Waals surface area contributed by atoms with Crippen LogP contribution in [0, 0.1) is 23.0 Å². The van der Waals surface area contributed by atoms with Crippen LogP contribution in [0.15, 0.2) is 47.4 Å². The van der Waals surface area contributed by atoms with E-state index in [4.69, 9.17) is 5.26 Å². The second-order valence-corrected chi connectivity index (χ2v) is 4.99. The van der Waals surface area contributed by atoms with Crippen LogP contribution in [0.25, 0.3) is 0 Å². The van der Waals surface area contributed by atoms with Crippen LogP contribution in [0.5, 0.6) is 0 Å². The number of benzene rings is 2. The molecule has 0 spiro atoms. The molecular weight excluding hydrogens is 280 g/mol. The van der Waals surface area contributed by atoms with E-state index in [1.54, 1.807) is 24.3 Å². The summed E-state index contributed by atoms with van der Waals surface area (Å²) >= 11 is 1.01. The SMILES string of the molecule is N#Cc1ccc(C(=O)CSc2ccc(F)cc2F)cc1. The topological polar surface area (TPSA) is 40.9 Å². The van der Waals surface area contributed by atoms with E-state index < -0.39 is 11.6 Å². The molecule has 0 N–H and O–H groups in total. The van der Waals surface area contributed by atoms with Gasteiger partial charge in [-0.05, 0) is 24.3 Å². The molecule has 2 nitrogen and oxygen atoms in total. The number of carbonyl (C=O) groups is 1. The summed E-state index contributed by atoms with van der Waals surface area (Å²) in [4.78, 5) is 12.1. The standard InChI is InChI=1S/C15H9F2NOS/c16-12-5-6-15(13(17)7-12)20-9-14(19)11-3-1-10(8-18)2-4-11/h1-7H,9H2. The van der Waals surface area contributed by atoms with Crippen LogP contribution < -0.4 is 0 Å². The van der Waals surface area contributed by atoms with Crippen molar-refractivity contribution in [2.24, 2.45) is 0 Å². The number of thioether (sulfide) groups is 1. The molecule has 0 heterocycles. The van der Waals surface area contributed by atoms with Crippen LogP contribution in [0.3, 0.4) is 0 Å². The van der Waals surface area contributed by atoms with Gasteiger partial charge in [0.2, 0.25) is 0 Å². The average molecular weight is 289 g/mol. The van der Waals surface area contributed by atoms with E-state index in [-0.39, 0.29) is 16.4 Å². The average Bonchev–Trinajstić information content (AvgIpc) is 2.46. The first kappa shape index (κ1) is 14.2. The Morgan fingerprint density at radius 1 is 1.15 bits per heavy atom. The normalized spacial score (nSPS) is 10.1. The molecule has 0 amide bonds. The lowest BCUT2D eigenvalue weighted by molar-refractivity contribution is 0.102. The molecule has 0 unspecified atom stereocenters. The number of halogens is 2. The number of rotatable bonds is 4. The van der Waals surface area contributed by atoms with Gasteiger partial charge in [-0.3, -0.25) is 4.79 Å². The van der Waals surface area contributed by atoms with Crippen LogP contribution in [0.1, 0.15) is 15.9 Å². The number of carbonyl (C=O) groups excluding carboxylic acids is 1. The third-order valence-electron chi connectivity index (χ3n) is 2.59. The Balaban J connectivity index is 2.03. The summed E-state index contributed by atoms with van der Waals surface area (Å²) in [5.41, 5.74) is 0.929. The first-order valence-corrected chi connectivity index (χ1v) is 6.70. The zero-order valence-electron chi connectivity index (χ0n) is 10.3. The molecule has 0 aliphatic heterocycles. The fraction of sp³-hybridized carbons (Fsp3) is 0.0667. The Morgan fingerprint density at radius 3 is 2.45 bits per heavy atom. The highest BCUT2D eigenvalue weighted by molar-refractivity contribution is 8.00. The summed E-state index contributed by atoms with van der Waals surface area (Å²) in [7, 11) is 0. The Morgan fingerprint density at radius 2 is 1.85 bits per heavy atom. The third kappa shape index (κ3) is 3.43. The zero-order chi connectivity index (χ0) is 14.5. The van der Waals surface area contributed by atoms with Gasteiger partial charge in [0, 0.05) is 16.5 Å². The van der Waals surface area contributed by atoms with Crippen LogP contribution in [0.4, 0.5) is 8.78 Å². The van der Waals surface area contributed by atoms with E-state index in [0.29, 0.717) is 11.1 Å². The van der Waals surface area contributed by atoms with Crippen LogP contribution >= 0.6 is 11.8 Å². The Labute approximate surface area is 119 Å². The van der Waals surface area contributed by atoms with Crippen LogP contribution in [-0.4, -0.2) is 11.5 Å². The summed E-state index contributed by atoms with van der Waals surface area (Å²) in [6, 6.07) is 11.4. The van der Waals surface area contributed by atoms with Gasteiger partial charge in [0.15, 0.2) is 5.78 Å². The number of hydrogen-bond acceptors (Lipinski definition) is 3. The zero-order valence-corrected chi connectivity index (χ0v) is 11.1. The minimum absolute atomic E-state index is 0.0501. The molecule has 2 aromatic carbocycles. The molecule has 0 saturated carbocycles. The van der Waals surface area contributed by atoms with E-state index in [1.165, 1.54) is 6.07 Å². The molecule has 0 fully saturated rings. The number of ketones is 1. The Hall–Kier alpha value is -2.19. The van der Waals surface area contributed by atoms with Gasteiger partial charge >= 0.3 is 0 Å². The van der Waals surface area contributed by atoms with Gasteiger partial charge in [0.25, 0.3) is 0 Å². The lowest BCUT2D eigenvalue weighted by Gasteiger charge is -2.03. The van der Waals surface area contributed by atoms with Crippen LogP contribution in [0.2, 0.25) is 0 Å². The highest BCUT2D eigenvalue weighted by Gasteiger charge is 2.10. The summed E-state index contributed by atoms with van der Waals surface area (Å²) in [5.74, 6) is -1.45. The molecule has 5 heteroatoms. The maximum atomic E-state index is 13.4. The van der Waals surface area contributed by atoms with E-state index >= 15 is 0 Å². The molecule has 2 aromatic rings. The summed E-state index contributed by atoms with van der Waals surface area (Å²) in [5, 5.41) is 8.66. The third-order valence-corrected chi connectivity index (χ3v) is 3.64. The maximum Gasteiger partial charge on any atom is 0.173 e. The van der Waals surface area contributed by atoms with Gasteiger partial charge < -0.3 is 0 Å². The molecule has 100 valence electrons. The van der Waals surface area contributed by atoms with Crippen molar-refractivity contribution in [1.29, 1.82) is 5.26 Å². The van der Waals surface area contributed by atoms with E-state index in [9.17, 15) is 13.6 Å². The van der Waals surface area contributed by atoms with Crippen molar-refractivity contribution >= 4 is 17.5 Å². The second-order valence-electron chi connectivity index (χ2n) is 3.98. The van der Waals surface area contributed by atoms with Gasteiger partial charge in [-0.25, -0.2) is 8.78 Å². The Kier molecular flexibility index (Phi) is 4.49. The van der Waals surface area contributed by atoms with Gasteiger partial charge in [0.1, 0.15) is 11.6 Å². The highest BCUT2D eigenvalue weighted by atomic mass is 32.2. The number of hydrogen-bond donors (Lipinski definition) is 0. The predicted molar refractivity (Wildman–Crippen MR) is 72.6 cm³/mol. The molecule has 20 heavy (non-hydrogen) atoms. The summed E-state index contributed by atoms with van der Waals surface area (Å²) < 4.78 is 26.1. The number of Topliss-reactive ketones (excluding diaryl/α,β-unsaturated/α-hetero) is 1. The first-order chi connectivity index (χ1) is 9.60. The predicted octanol–water partition coefficient (Wildman–Crippen LogP) is 3.81. The molecule has 0 aliphatic rings. The fourth-order valence-electron chi connectivity index (χ4n) is 1.55. The summed E-state index contributed by atoms with van der Waals surface area (Å²) in [6.07, 6.45) is 0. The molecule has 0 bridgehead atoms. The van der Waals surface area contributed by atoms with E-state index in [0.717, 1.165) is 23.9 Å². The lowest BCUT2D eigenvalue weighted by atomic mass is 10.1.